The summed E-state index contributed by atoms with van der Waals surface area (Å²) in [5, 5.41) is 6.61. The molecule has 110 valence electrons. The molecule has 4 heteroatoms. The molecular weight excluding hydrogens is 238 g/mol. The van der Waals surface area contributed by atoms with E-state index in [0.29, 0.717) is 12.5 Å². The quantitative estimate of drug-likeness (QED) is 0.793. The van der Waals surface area contributed by atoms with Gasteiger partial charge < -0.3 is 15.5 Å². The lowest BCUT2D eigenvalue weighted by Gasteiger charge is -2.23. The molecule has 1 heterocycles. The molecule has 1 aliphatic carbocycles. The number of hydrogen-bond acceptors (Lipinski definition) is 3. The molecule has 1 saturated heterocycles. The van der Waals surface area contributed by atoms with Crippen LogP contribution in [0.15, 0.2) is 0 Å². The van der Waals surface area contributed by atoms with E-state index in [0.717, 1.165) is 32.6 Å². The average molecular weight is 267 g/mol. The van der Waals surface area contributed by atoms with E-state index in [4.69, 9.17) is 0 Å². The molecule has 1 saturated carbocycles. The van der Waals surface area contributed by atoms with E-state index in [-0.39, 0.29) is 5.91 Å². The smallest absolute Gasteiger partial charge is 0.220 e. The highest BCUT2D eigenvalue weighted by Crippen LogP contribution is 2.17. The van der Waals surface area contributed by atoms with Crippen molar-refractivity contribution in [3.63, 3.8) is 0 Å². The Morgan fingerprint density at radius 2 is 1.95 bits per heavy atom. The third-order valence-electron chi connectivity index (χ3n) is 4.28. The molecule has 2 aliphatic rings. The summed E-state index contributed by atoms with van der Waals surface area (Å²) in [4.78, 5) is 14.4. The summed E-state index contributed by atoms with van der Waals surface area (Å²) in [5.74, 6) is 0.264. The normalized spacial score (nSPS) is 22.9. The van der Waals surface area contributed by atoms with Crippen molar-refractivity contribution in [2.75, 3.05) is 32.7 Å². The van der Waals surface area contributed by atoms with Crippen molar-refractivity contribution >= 4 is 5.91 Å². The molecule has 2 rings (SSSR count). The zero-order chi connectivity index (χ0) is 13.3. The van der Waals surface area contributed by atoms with Gasteiger partial charge in [0.1, 0.15) is 0 Å². The van der Waals surface area contributed by atoms with Crippen molar-refractivity contribution in [2.24, 2.45) is 0 Å². The molecule has 0 bridgehead atoms. The second-order valence-electron chi connectivity index (χ2n) is 5.95. The SMILES string of the molecule is O=C(CCCN1CCCNCC1)NC1CCCCC1. The summed E-state index contributed by atoms with van der Waals surface area (Å²) in [6.07, 6.45) is 9.20. The Morgan fingerprint density at radius 1 is 1.11 bits per heavy atom. The van der Waals surface area contributed by atoms with Crippen LogP contribution in [-0.2, 0) is 4.79 Å². The molecule has 2 N–H and O–H groups in total. The molecule has 0 unspecified atom stereocenters. The molecular formula is C15H29N3O. The van der Waals surface area contributed by atoms with Crippen LogP contribution in [-0.4, -0.2) is 49.6 Å². The fraction of sp³-hybridized carbons (Fsp3) is 0.933. The van der Waals surface area contributed by atoms with E-state index in [1.54, 1.807) is 0 Å². The van der Waals surface area contributed by atoms with Crippen molar-refractivity contribution < 1.29 is 4.79 Å². The monoisotopic (exact) mass is 267 g/mol. The number of nitrogens with zero attached hydrogens (tertiary/aromatic N) is 1. The van der Waals surface area contributed by atoms with Gasteiger partial charge in [0.05, 0.1) is 0 Å². The Morgan fingerprint density at radius 3 is 2.79 bits per heavy atom. The molecule has 1 amide bonds. The number of rotatable bonds is 5. The standard InChI is InChI=1S/C15H29N3O/c19-15(17-14-6-2-1-3-7-14)8-4-11-18-12-5-9-16-10-13-18/h14,16H,1-13H2,(H,17,19). The van der Waals surface area contributed by atoms with Crippen LogP contribution in [0.4, 0.5) is 0 Å². The minimum atomic E-state index is 0.264. The largest absolute Gasteiger partial charge is 0.353 e. The van der Waals surface area contributed by atoms with Crippen molar-refractivity contribution in [1.82, 2.24) is 15.5 Å². The van der Waals surface area contributed by atoms with Crippen molar-refractivity contribution in [2.45, 2.75) is 57.4 Å². The summed E-state index contributed by atoms with van der Waals surface area (Å²) >= 11 is 0. The van der Waals surface area contributed by atoms with Gasteiger partial charge in [-0.3, -0.25) is 4.79 Å². The van der Waals surface area contributed by atoms with Gasteiger partial charge in [-0.05, 0) is 45.3 Å². The molecule has 0 radical (unpaired) electrons. The topological polar surface area (TPSA) is 44.4 Å². The molecule has 2 fully saturated rings. The van der Waals surface area contributed by atoms with Gasteiger partial charge in [-0.1, -0.05) is 19.3 Å². The van der Waals surface area contributed by atoms with Crippen LogP contribution < -0.4 is 10.6 Å². The predicted octanol–water partition coefficient (Wildman–Crippen LogP) is 1.51. The summed E-state index contributed by atoms with van der Waals surface area (Å²) < 4.78 is 0. The fourth-order valence-corrected chi connectivity index (χ4v) is 3.14. The third-order valence-corrected chi connectivity index (χ3v) is 4.28. The average Bonchev–Trinajstić information content (AvgIpc) is 2.68. The molecule has 0 spiro atoms. The fourth-order valence-electron chi connectivity index (χ4n) is 3.14. The molecule has 0 aromatic heterocycles. The van der Waals surface area contributed by atoms with E-state index in [1.165, 1.54) is 45.1 Å². The van der Waals surface area contributed by atoms with Crippen LogP contribution in [0, 0.1) is 0 Å². The van der Waals surface area contributed by atoms with E-state index in [9.17, 15) is 4.79 Å². The first-order valence-corrected chi connectivity index (χ1v) is 8.07. The van der Waals surface area contributed by atoms with Crippen LogP contribution >= 0.6 is 0 Å². The molecule has 1 aliphatic heterocycles. The number of nitrogens with one attached hydrogen (secondary N) is 2. The minimum absolute atomic E-state index is 0.264. The van der Waals surface area contributed by atoms with E-state index in [2.05, 4.69) is 15.5 Å². The maximum Gasteiger partial charge on any atom is 0.220 e. The second kappa shape index (κ2) is 8.54. The Hall–Kier alpha value is -0.610. The lowest BCUT2D eigenvalue weighted by molar-refractivity contribution is -0.122. The highest BCUT2D eigenvalue weighted by atomic mass is 16.1. The summed E-state index contributed by atoms with van der Waals surface area (Å²) in [6.45, 7) is 5.61. The molecule has 4 nitrogen and oxygen atoms in total. The first kappa shape index (κ1) is 14.8. The number of amides is 1. The van der Waals surface area contributed by atoms with Gasteiger partial charge in [-0.2, -0.15) is 0 Å². The molecule has 0 aromatic carbocycles. The lowest BCUT2D eigenvalue weighted by atomic mass is 9.95. The summed E-state index contributed by atoms with van der Waals surface area (Å²) in [6, 6.07) is 0.462. The lowest BCUT2D eigenvalue weighted by Crippen LogP contribution is -2.36. The van der Waals surface area contributed by atoms with Gasteiger partial charge >= 0.3 is 0 Å². The van der Waals surface area contributed by atoms with Crippen LogP contribution in [0.5, 0.6) is 0 Å². The number of hydrogen-bond donors (Lipinski definition) is 2. The van der Waals surface area contributed by atoms with Crippen LogP contribution in [0.2, 0.25) is 0 Å². The minimum Gasteiger partial charge on any atom is -0.353 e. The third kappa shape index (κ3) is 5.91. The number of carbonyl (C=O) groups excluding carboxylic acids is 1. The van der Waals surface area contributed by atoms with E-state index < -0.39 is 0 Å². The van der Waals surface area contributed by atoms with E-state index in [1.807, 2.05) is 0 Å². The Labute approximate surface area is 117 Å². The molecule has 0 atom stereocenters. The van der Waals surface area contributed by atoms with Crippen molar-refractivity contribution in [3.05, 3.63) is 0 Å². The van der Waals surface area contributed by atoms with Gasteiger partial charge in [0.15, 0.2) is 0 Å². The van der Waals surface area contributed by atoms with E-state index >= 15 is 0 Å². The molecule has 19 heavy (non-hydrogen) atoms. The zero-order valence-corrected chi connectivity index (χ0v) is 12.1. The highest BCUT2D eigenvalue weighted by molar-refractivity contribution is 5.76. The van der Waals surface area contributed by atoms with Crippen LogP contribution in [0.3, 0.4) is 0 Å². The van der Waals surface area contributed by atoms with Gasteiger partial charge in [-0.15, -0.1) is 0 Å². The highest BCUT2D eigenvalue weighted by Gasteiger charge is 2.15. The zero-order valence-electron chi connectivity index (χ0n) is 12.1. The maximum atomic E-state index is 11.9. The van der Waals surface area contributed by atoms with Crippen molar-refractivity contribution in [3.8, 4) is 0 Å². The van der Waals surface area contributed by atoms with Crippen molar-refractivity contribution in [1.29, 1.82) is 0 Å². The Kier molecular flexibility index (Phi) is 6.65. The molecule has 0 aromatic rings. The van der Waals surface area contributed by atoms with Crippen LogP contribution in [0.1, 0.15) is 51.4 Å². The predicted molar refractivity (Wildman–Crippen MR) is 78.2 cm³/mol. The Bertz CT molecular complexity index is 256. The van der Waals surface area contributed by atoms with Gasteiger partial charge in [0.2, 0.25) is 5.91 Å². The Balaban J connectivity index is 1.55. The first-order chi connectivity index (χ1) is 9.34. The maximum absolute atomic E-state index is 11.9. The summed E-state index contributed by atoms with van der Waals surface area (Å²) in [5.41, 5.74) is 0. The first-order valence-electron chi connectivity index (χ1n) is 8.07. The number of carbonyl (C=O) groups is 1. The van der Waals surface area contributed by atoms with Crippen LogP contribution in [0.25, 0.3) is 0 Å². The van der Waals surface area contributed by atoms with Gasteiger partial charge in [0, 0.05) is 25.6 Å². The summed E-state index contributed by atoms with van der Waals surface area (Å²) in [7, 11) is 0. The van der Waals surface area contributed by atoms with Gasteiger partial charge in [0.25, 0.3) is 0 Å². The second-order valence-corrected chi connectivity index (χ2v) is 5.95. The van der Waals surface area contributed by atoms with Gasteiger partial charge in [-0.25, -0.2) is 0 Å².